The number of carbonyl (C=O) groups is 1. The molecular formula is C20H33N3O3S. The Hall–Kier alpha value is -1.60. The number of nitrogens with one attached hydrogen (secondary N) is 1. The Morgan fingerprint density at radius 1 is 1.04 bits per heavy atom. The zero-order valence-corrected chi connectivity index (χ0v) is 17.4. The number of para-hydroxylation sites is 1. The highest BCUT2D eigenvalue weighted by Crippen LogP contribution is 2.17. The van der Waals surface area contributed by atoms with Crippen LogP contribution in [-0.2, 0) is 14.8 Å². The third-order valence-electron chi connectivity index (χ3n) is 5.06. The Morgan fingerprint density at radius 3 is 2.19 bits per heavy atom. The maximum absolute atomic E-state index is 12.6. The predicted molar refractivity (Wildman–Crippen MR) is 110 cm³/mol. The molecule has 1 N–H and O–H groups in total. The van der Waals surface area contributed by atoms with E-state index in [4.69, 9.17) is 0 Å². The molecule has 1 fully saturated rings. The molecule has 1 aromatic rings. The van der Waals surface area contributed by atoms with Crippen LogP contribution in [0.1, 0.15) is 39.5 Å². The van der Waals surface area contributed by atoms with Crippen LogP contribution < -0.4 is 10.2 Å². The third kappa shape index (κ3) is 6.50. The second-order valence-electron chi connectivity index (χ2n) is 7.10. The van der Waals surface area contributed by atoms with Gasteiger partial charge in [0.2, 0.25) is 15.9 Å². The number of amides is 1. The van der Waals surface area contributed by atoms with Crippen LogP contribution in [0.5, 0.6) is 0 Å². The standard InChI is InChI=1S/C20H33N3O3S/c1-3-8-18(9-4-2)20(24)21-12-17-27(25,26)23-15-13-22(14-16-23)19-10-6-5-7-11-19/h5-7,10-11,18H,3-4,8-9,12-17H2,1-2H3,(H,21,24). The molecule has 152 valence electrons. The molecule has 1 saturated heterocycles. The molecule has 0 atom stereocenters. The molecule has 7 heteroatoms. The molecule has 1 aliphatic heterocycles. The lowest BCUT2D eigenvalue weighted by Crippen LogP contribution is -2.50. The number of hydrogen-bond acceptors (Lipinski definition) is 4. The van der Waals surface area contributed by atoms with Gasteiger partial charge in [-0.25, -0.2) is 8.42 Å². The number of piperazine rings is 1. The first-order chi connectivity index (χ1) is 13.0. The molecule has 1 aromatic carbocycles. The summed E-state index contributed by atoms with van der Waals surface area (Å²) < 4.78 is 26.7. The summed E-state index contributed by atoms with van der Waals surface area (Å²) in [5, 5.41) is 2.83. The Kier molecular flexibility index (Phi) is 8.57. The van der Waals surface area contributed by atoms with E-state index < -0.39 is 10.0 Å². The van der Waals surface area contributed by atoms with Crippen molar-refractivity contribution in [1.82, 2.24) is 9.62 Å². The van der Waals surface area contributed by atoms with Crippen LogP contribution in [0.15, 0.2) is 30.3 Å². The molecule has 27 heavy (non-hydrogen) atoms. The van der Waals surface area contributed by atoms with Crippen LogP contribution in [-0.4, -0.2) is 57.1 Å². The van der Waals surface area contributed by atoms with Gasteiger partial charge < -0.3 is 10.2 Å². The van der Waals surface area contributed by atoms with E-state index in [1.807, 2.05) is 30.3 Å². The van der Waals surface area contributed by atoms with Crippen LogP contribution >= 0.6 is 0 Å². The summed E-state index contributed by atoms with van der Waals surface area (Å²) in [7, 11) is -3.34. The van der Waals surface area contributed by atoms with Crippen molar-refractivity contribution in [3.8, 4) is 0 Å². The van der Waals surface area contributed by atoms with E-state index in [-0.39, 0.29) is 24.1 Å². The van der Waals surface area contributed by atoms with Crippen LogP contribution in [0, 0.1) is 5.92 Å². The molecular weight excluding hydrogens is 362 g/mol. The van der Waals surface area contributed by atoms with Crippen molar-refractivity contribution in [1.29, 1.82) is 0 Å². The minimum absolute atomic E-state index is 0.00267. The van der Waals surface area contributed by atoms with Crippen molar-refractivity contribution in [3.63, 3.8) is 0 Å². The molecule has 6 nitrogen and oxygen atoms in total. The Bertz CT molecular complexity index is 665. The SMILES string of the molecule is CCCC(CCC)C(=O)NCCS(=O)(=O)N1CCN(c2ccccc2)CC1. The predicted octanol–water partition coefficient (Wildman–Crippen LogP) is 2.47. The maximum atomic E-state index is 12.6. The highest BCUT2D eigenvalue weighted by Gasteiger charge is 2.27. The minimum Gasteiger partial charge on any atom is -0.369 e. The lowest BCUT2D eigenvalue weighted by Gasteiger charge is -2.35. The molecule has 0 spiro atoms. The van der Waals surface area contributed by atoms with Crippen molar-refractivity contribution in [2.45, 2.75) is 39.5 Å². The summed E-state index contributed by atoms with van der Waals surface area (Å²) >= 11 is 0. The number of nitrogens with zero attached hydrogens (tertiary/aromatic N) is 2. The molecule has 1 aliphatic rings. The van der Waals surface area contributed by atoms with E-state index in [2.05, 4.69) is 24.1 Å². The van der Waals surface area contributed by atoms with E-state index in [0.29, 0.717) is 26.2 Å². The van der Waals surface area contributed by atoms with Crippen molar-refractivity contribution >= 4 is 21.6 Å². The molecule has 1 amide bonds. The third-order valence-corrected chi connectivity index (χ3v) is 6.93. The molecule has 0 aliphatic carbocycles. The molecule has 1 heterocycles. The molecule has 0 unspecified atom stereocenters. The van der Waals surface area contributed by atoms with E-state index in [1.54, 1.807) is 4.31 Å². The average Bonchev–Trinajstić information content (AvgIpc) is 2.68. The normalized spacial score (nSPS) is 15.9. The van der Waals surface area contributed by atoms with E-state index >= 15 is 0 Å². The van der Waals surface area contributed by atoms with Crippen LogP contribution in [0.4, 0.5) is 5.69 Å². The van der Waals surface area contributed by atoms with E-state index in [9.17, 15) is 13.2 Å². The lowest BCUT2D eigenvalue weighted by molar-refractivity contribution is -0.125. The van der Waals surface area contributed by atoms with Gasteiger partial charge in [-0.15, -0.1) is 0 Å². The number of rotatable bonds is 10. The second kappa shape index (κ2) is 10.7. The van der Waals surface area contributed by atoms with Gasteiger partial charge in [0.1, 0.15) is 0 Å². The van der Waals surface area contributed by atoms with Crippen LogP contribution in [0.2, 0.25) is 0 Å². The summed E-state index contributed by atoms with van der Waals surface area (Å²) in [5.74, 6) is -0.0467. The monoisotopic (exact) mass is 395 g/mol. The van der Waals surface area contributed by atoms with Gasteiger partial charge in [-0.2, -0.15) is 4.31 Å². The van der Waals surface area contributed by atoms with Crippen molar-refractivity contribution < 1.29 is 13.2 Å². The van der Waals surface area contributed by atoms with Gasteiger partial charge in [0.25, 0.3) is 0 Å². The van der Waals surface area contributed by atoms with Gasteiger partial charge in [0.15, 0.2) is 0 Å². The smallest absolute Gasteiger partial charge is 0.223 e. The first-order valence-electron chi connectivity index (χ1n) is 10.0. The summed E-state index contributed by atoms with van der Waals surface area (Å²) in [6, 6.07) is 10.0. The Labute approximate surface area is 164 Å². The van der Waals surface area contributed by atoms with Gasteiger partial charge in [-0.1, -0.05) is 44.9 Å². The quantitative estimate of drug-likeness (QED) is 0.661. The van der Waals surface area contributed by atoms with Gasteiger partial charge >= 0.3 is 0 Å². The largest absolute Gasteiger partial charge is 0.369 e. The van der Waals surface area contributed by atoms with E-state index in [0.717, 1.165) is 31.4 Å². The van der Waals surface area contributed by atoms with Crippen molar-refractivity contribution in [2.24, 2.45) is 5.92 Å². The maximum Gasteiger partial charge on any atom is 0.223 e. The summed E-state index contributed by atoms with van der Waals surface area (Å²) in [5.41, 5.74) is 1.12. The first-order valence-corrected chi connectivity index (χ1v) is 11.6. The number of benzene rings is 1. The molecule has 0 bridgehead atoms. The number of anilines is 1. The summed E-state index contributed by atoms with van der Waals surface area (Å²) in [6.45, 7) is 6.66. The van der Waals surface area contributed by atoms with Gasteiger partial charge in [-0.3, -0.25) is 4.79 Å². The van der Waals surface area contributed by atoms with Crippen molar-refractivity contribution in [2.75, 3.05) is 43.4 Å². The van der Waals surface area contributed by atoms with Crippen molar-refractivity contribution in [3.05, 3.63) is 30.3 Å². The Balaban J connectivity index is 1.79. The molecule has 0 aromatic heterocycles. The highest BCUT2D eigenvalue weighted by molar-refractivity contribution is 7.89. The van der Waals surface area contributed by atoms with Gasteiger partial charge in [0.05, 0.1) is 5.75 Å². The topological polar surface area (TPSA) is 69.7 Å². The van der Waals surface area contributed by atoms with E-state index in [1.165, 1.54) is 0 Å². The second-order valence-corrected chi connectivity index (χ2v) is 9.19. The number of carbonyl (C=O) groups excluding carboxylic acids is 1. The fourth-order valence-corrected chi connectivity index (χ4v) is 4.88. The Morgan fingerprint density at radius 2 is 1.63 bits per heavy atom. The molecule has 0 saturated carbocycles. The van der Waals surface area contributed by atoms with Gasteiger partial charge in [0, 0.05) is 44.3 Å². The summed E-state index contributed by atoms with van der Waals surface area (Å²) in [4.78, 5) is 14.5. The van der Waals surface area contributed by atoms with Gasteiger partial charge in [-0.05, 0) is 25.0 Å². The zero-order chi connectivity index (χ0) is 19.7. The average molecular weight is 396 g/mol. The fraction of sp³-hybridized carbons (Fsp3) is 0.650. The minimum atomic E-state index is -3.34. The molecule has 0 radical (unpaired) electrons. The number of sulfonamides is 1. The molecule has 2 rings (SSSR count). The lowest BCUT2D eigenvalue weighted by atomic mass is 9.97. The van der Waals surface area contributed by atoms with Crippen LogP contribution in [0.25, 0.3) is 0 Å². The fourth-order valence-electron chi connectivity index (χ4n) is 3.54. The summed E-state index contributed by atoms with van der Waals surface area (Å²) in [6.07, 6.45) is 3.63. The number of hydrogen-bond donors (Lipinski definition) is 1. The van der Waals surface area contributed by atoms with Crippen LogP contribution in [0.3, 0.4) is 0 Å². The zero-order valence-electron chi connectivity index (χ0n) is 16.6. The highest BCUT2D eigenvalue weighted by atomic mass is 32.2. The first kappa shape index (κ1) is 21.7.